The van der Waals surface area contributed by atoms with Gasteiger partial charge in [0, 0.05) is 0 Å². The highest BCUT2D eigenvalue weighted by Crippen LogP contribution is 2.04. The monoisotopic (exact) mass is 308 g/mol. The Morgan fingerprint density at radius 1 is 0.900 bits per heavy atom. The van der Waals surface area contributed by atoms with Gasteiger partial charge >= 0.3 is 22.3 Å². The second kappa shape index (κ2) is 8.22. The van der Waals surface area contributed by atoms with Gasteiger partial charge in [0.1, 0.15) is 0 Å². The second-order valence-electron chi connectivity index (χ2n) is 3.22. The first-order valence-electron chi connectivity index (χ1n) is 4.94. The summed E-state index contributed by atoms with van der Waals surface area (Å²) in [5.74, 6) is -4.04. The zero-order valence-electron chi connectivity index (χ0n) is 9.86. The van der Waals surface area contributed by atoms with Gasteiger partial charge in [-0.25, -0.2) is 13.8 Å². The molecule has 0 aliphatic heterocycles. The molecule has 2 atom stereocenters. The van der Waals surface area contributed by atoms with E-state index in [0.29, 0.717) is 0 Å². The molecule has 1 rings (SSSR count). The molecule has 0 aliphatic carbocycles. The van der Waals surface area contributed by atoms with Crippen molar-refractivity contribution in [1.82, 2.24) is 0 Å². The highest BCUT2D eigenvalue weighted by molar-refractivity contribution is 7.80. The first kappa shape index (κ1) is 18.0. The van der Waals surface area contributed by atoms with Crippen molar-refractivity contribution >= 4 is 22.3 Å². The van der Waals surface area contributed by atoms with Gasteiger partial charge in [0.05, 0.1) is 0 Å². The van der Waals surface area contributed by atoms with Crippen LogP contribution in [-0.2, 0) is 24.2 Å². The molecule has 2 unspecified atom stereocenters. The molecule has 0 bridgehead atoms. The molecule has 0 saturated carbocycles. The molecule has 0 fully saturated rings. The van der Waals surface area contributed by atoms with Crippen molar-refractivity contribution in [2.75, 3.05) is 0 Å². The Kier molecular flexibility index (Phi) is 7.39. The summed E-state index contributed by atoms with van der Waals surface area (Å²) in [4.78, 5) is 20.3. The van der Waals surface area contributed by atoms with Crippen LogP contribution in [0.25, 0.3) is 0 Å². The first-order chi connectivity index (χ1) is 9.15. The summed E-state index contributed by atoms with van der Waals surface area (Å²) < 4.78 is 31.5. The third-order valence-electron chi connectivity index (χ3n) is 1.68. The summed E-state index contributed by atoms with van der Waals surface area (Å²) in [6.07, 6.45) is -5.20. The predicted octanol–water partition coefficient (Wildman–Crippen LogP) is -0.609. The van der Waals surface area contributed by atoms with Gasteiger partial charge in [-0.15, -0.1) is 0 Å². The van der Waals surface area contributed by atoms with Crippen LogP contribution in [0.1, 0.15) is 0 Å². The Morgan fingerprint density at radius 3 is 1.45 bits per heavy atom. The minimum atomic E-state index is -5.15. The molecule has 10 heteroatoms. The van der Waals surface area contributed by atoms with Crippen LogP contribution in [0.4, 0.5) is 0 Å². The van der Waals surface area contributed by atoms with Crippen LogP contribution in [0.2, 0.25) is 0 Å². The SMILES string of the molecule is O=C(O)C(O)C(OS(=O)(=O)O)C(=O)O.c1ccccc1. The molecule has 112 valence electrons. The van der Waals surface area contributed by atoms with Gasteiger partial charge < -0.3 is 15.3 Å². The highest BCUT2D eigenvalue weighted by Gasteiger charge is 2.36. The topological polar surface area (TPSA) is 158 Å². The number of aliphatic carboxylic acids is 2. The number of aliphatic hydroxyl groups is 1. The van der Waals surface area contributed by atoms with Crippen molar-refractivity contribution in [3.63, 3.8) is 0 Å². The Balaban J connectivity index is 0.000000493. The van der Waals surface area contributed by atoms with Crippen LogP contribution in [0, 0.1) is 0 Å². The fraction of sp³-hybridized carbons (Fsp3) is 0.200. The van der Waals surface area contributed by atoms with Crippen molar-refractivity contribution in [2.24, 2.45) is 0 Å². The van der Waals surface area contributed by atoms with Crippen LogP contribution in [0.15, 0.2) is 36.4 Å². The van der Waals surface area contributed by atoms with E-state index >= 15 is 0 Å². The van der Waals surface area contributed by atoms with Gasteiger partial charge in [0.2, 0.25) is 6.10 Å². The van der Waals surface area contributed by atoms with Crippen molar-refractivity contribution in [3.05, 3.63) is 36.4 Å². The van der Waals surface area contributed by atoms with Gasteiger partial charge in [0.15, 0.2) is 6.10 Å². The smallest absolute Gasteiger partial charge is 0.398 e. The molecular weight excluding hydrogens is 296 g/mol. The largest absolute Gasteiger partial charge is 0.479 e. The molecule has 0 aliphatic rings. The fourth-order valence-electron chi connectivity index (χ4n) is 0.874. The summed E-state index contributed by atoms with van der Waals surface area (Å²) in [5.41, 5.74) is 0. The fourth-order valence-corrected chi connectivity index (χ4v) is 1.32. The number of rotatable bonds is 5. The molecule has 0 amide bonds. The van der Waals surface area contributed by atoms with Gasteiger partial charge in [-0.05, 0) is 0 Å². The summed E-state index contributed by atoms with van der Waals surface area (Å²) in [5, 5.41) is 25.0. The van der Waals surface area contributed by atoms with E-state index in [4.69, 9.17) is 19.9 Å². The van der Waals surface area contributed by atoms with Crippen molar-refractivity contribution in [1.29, 1.82) is 0 Å². The number of carboxylic acids is 2. The van der Waals surface area contributed by atoms with E-state index in [2.05, 4.69) is 4.18 Å². The molecule has 20 heavy (non-hydrogen) atoms. The third kappa shape index (κ3) is 8.16. The Labute approximate surface area is 114 Å². The zero-order valence-corrected chi connectivity index (χ0v) is 10.7. The predicted molar refractivity (Wildman–Crippen MR) is 64.1 cm³/mol. The molecule has 9 nitrogen and oxygen atoms in total. The molecule has 0 saturated heterocycles. The maximum atomic E-state index is 10.2. The normalized spacial score (nSPS) is 13.5. The average Bonchev–Trinajstić information content (AvgIpc) is 2.36. The van der Waals surface area contributed by atoms with Crippen LogP contribution in [0.3, 0.4) is 0 Å². The Morgan fingerprint density at radius 2 is 1.25 bits per heavy atom. The minimum absolute atomic E-state index is 2.00. The molecule has 0 aromatic heterocycles. The van der Waals surface area contributed by atoms with Crippen LogP contribution >= 0.6 is 0 Å². The standard InChI is InChI=1S/C6H6.C4H6O9S/c1-2-4-6-5-3-1;5-1(3(6)7)2(4(8)9)13-14(10,11)12/h1-6H;1-2,5H,(H,6,7)(H,8,9)(H,10,11,12). The minimum Gasteiger partial charge on any atom is -0.479 e. The van der Waals surface area contributed by atoms with Gasteiger partial charge in [0.25, 0.3) is 0 Å². The number of hydrogen-bond acceptors (Lipinski definition) is 6. The summed E-state index contributed by atoms with van der Waals surface area (Å²) >= 11 is 0. The van der Waals surface area contributed by atoms with E-state index in [9.17, 15) is 18.0 Å². The molecule has 4 N–H and O–H groups in total. The van der Waals surface area contributed by atoms with Crippen LogP contribution in [0.5, 0.6) is 0 Å². The number of benzene rings is 1. The van der Waals surface area contributed by atoms with Crippen molar-refractivity contribution in [3.8, 4) is 0 Å². The molecule has 1 aromatic rings. The molecule has 0 radical (unpaired) electrons. The summed E-state index contributed by atoms with van der Waals surface area (Å²) in [7, 11) is -5.15. The molecule has 0 spiro atoms. The van der Waals surface area contributed by atoms with Gasteiger partial charge in [-0.3, -0.25) is 4.55 Å². The number of carboxylic acid groups (broad SMARTS) is 2. The van der Waals surface area contributed by atoms with E-state index in [0.717, 1.165) is 0 Å². The Hall–Kier alpha value is -2.01. The number of hydrogen-bond donors (Lipinski definition) is 4. The van der Waals surface area contributed by atoms with Crippen molar-refractivity contribution in [2.45, 2.75) is 12.2 Å². The van der Waals surface area contributed by atoms with Crippen molar-refractivity contribution < 1.29 is 42.1 Å². The lowest BCUT2D eigenvalue weighted by molar-refractivity contribution is -0.163. The molecule has 0 heterocycles. The number of carbonyl (C=O) groups is 2. The summed E-state index contributed by atoms with van der Waals surface area (Å²) in [6, 6.07) is 12.0. The van der Waals surface area contributed by atoms with E-state index in [1.54, 1.807) is 0 Å². The quantitative estimate of drug-likeness (QED) is 0.520. The third-order valence-corrected chi connectivity index (χ3v) is 2.13. The van der Waals surface area contributed by atoms with Gasteiger partial charge in [-0.2, -0.15) is 8.42 Å². The zero-order chi connectivity index (χ0) is 15.8. The van der Waals surface area contributed by atoms with E-state index in [1.807, 2.05) is 36.4 Å². The lowest BCUT2D eigenvalue weighted by Gasteiger charge is -2.13. The lowest BCUT2D eigenvalue weighted by Crippen LogP contribution is -2.42. The van der Waals surface area contributed by atoms with E-state index < -0.39 is 34.5 Å². The molecule has 1 aromatic carbocycles. The van der Waals surface area contributed by atoms with Crippen LogP contribution < -0.4 is 0 Å². The Bertz CT molecular complexity index is 498. The highest BCUT2D eigenvalue weighted by atomic mass is 32.3. The first-order valence-corrected chi connectivity index (χ1v) is 6.31. The maximum Gasteiger partial charge on any atom is 0.398 e. The summed E-state index contributed by atoms with van der Waals surface area (Å²) in [6.45, 7) is 0. The second-order valence-corrected chi connectivity index (χ2v) is 4.27. The number of aliphatic hydroxyl groups excluding tert-OH is 1. The average molecular weight is 308 g/mol. The van der Waals surface area contributed by atoms with Gasteiger partial charge in [-0.1, -0.05) is 36.4 Å². The van der Waals surface area contributed by atoms with Crippen LogP contribution in [-0.4, -0.2) is 52.4 Å². The lowest BCUT2D eigenvalue weighted by atomic mass is 10.2. The van der Waals surface area contributed by atoms with E-state index in [1.165, 1.54) is 0 Å². The molecular formula is C10H12O9S. The van der Waals surface area contributed by atoms with E-state index in [-0.39, 0.29) is 0 Å². The maximum absolute atomic E-state index is 10.2.